The fourth-order valence-electron chi connectivity index (χ4n) is 5.66. The number of aliphatic hydroxyl groups excluding tert-OH is 1. The number of pyridine rings is 1. The minimum Gasteiger partial charge on any atom is -0.438 e. The summed E-state index contributed by atoms with van der Waals surface area (Å²) in [4.78, 5) is 6.05. The van der Waals surface area contributed by atoms with Crippen LogP contribution in [-0.4, -0.2) is 45.2 Å². The zero-order valence-corrected chi connectivity index (χ0v) is 21.3. The van der Waals surface area contributed by atoms with Crippen molar-refractivity contribution < 1.29 is 23.0 Å². The highest BCUT2D eigenvalue weighted by Crippen LogP contribution is 2.47. The standard InChI is InChI=1S/C28H32F3N5O2/c1-17-2-6-23-24(36(17)27(37)18-3-4-18)8-7-22(19-14-34-35(16-19)21-10-12-32-13-11-21)26(23)38-25-9-5-20(15-33-25)28(29,30)31/h5,7-9,14-18,21,27,32,37H,2-4,6,10-13H2,1H3/t17-,27?/m0/s1. The van der Waals surface area contributed by atoms with Gasteiger partial charge in [0.05, 0.1) is 17.8 Å². The molecule has 4 heterocycles. The lowest BCUT2D eigenvalue weighted by Crippen LogP contribution is -2.46. The smallest absolute Gasteiger partial charge is 0.417 e. The molecule has 1 aromatic carbocycles. The van der Waals surface area contributed by atoms with Crippen LogP contribution in [0.1, 0.15) is 56.2 Å². The van der Waals surface area contributed by atoms with Crippen molar-refractivity contribution in [3.63, 3.8) is 0 Å². The Morgan fingerprint density at radius 2 is 1.84 bits per heavy atom. The molecule has 7 nitrogen and oxygen atoms in total. The van der Waals surface area contributed by atoms with Gasteiger partial charge in [0.2, 0.25) is 5.88 Å². The summed E-state index contributed by atoms with van der Waals surface area (Å²) in [6, 6.07) is 6.70. The van der Waals surface area contributed by atoms with Gasteiger partial charge in [-0.2, -0.15) is 18.3 Å². The van der Waals surface area contributed by atoms with Crippen molar-refractivity contribution in [3.8, 4) is 22.8 Å². The van der Waals surface area contributed by atoms with Gasteiger partial charge >= 0.3 is 6.18 Å². The molecule has 10 heteroatoms. The van der Waals surface area contributed by atoms with Crippen LogP contribution in [0.2, 0.25) is 0 Å². The topological polar surface area (TPSA) is 75.4 Å². The van der Waals surface area contributed by atoms with E-state index in [0.29, 0.717) is 11.8 Å². The lowest BCUT2D eigenvalue weighted by Gasteiger charge is -2.41. The number of fused-ring (bicyclic) bond motifs is 1. The maximum absolute atomic E-state index is 13.1. The van der Waals surface area contributed by atoms with Crippen LogP contribution in [0.3, 0.4) is 0 Å². The van der Waals surface area contributed by atoms with Gasteiger partial charge in [-0.15, -0.1) is 0 Å². The van der Waals surface area contributed by atoms with E-state index in [9.17, 15) is 18.3 Å². The molecule has 1 unspecified atom stereocenters. The molecule has 1 saturated carbocycles. The summed E-state index contributed by atoms with van der Waals surface area (Å²) < 4.78 is 47.6. The number of nitrogens with one attached hydrogen (secondary N) is 1. The number of hydrogen-bond acceptors (Lipinski definition) is 6. The average molecular weight is 528 g/mol. The van der Waals surface area contributed by atoms with E-state index >= 15 is 0 Å². The molecule has 38 heavy (non-hydrogen) atoms. The Hall–Kier alpha value is -3.11. The minimum atomic E-state index is -4.47. The minimum absolute atomic E-state index is 0.0892. The number of alkyl halides is 3. The highest BCUT2D eigenvalue weighted by molar-refractivity contribution is 5.78. The summed E-state index contributed by atoms with van der Waals surface area (Å²) in [5, 5.41) is 19.1. The van der Waals surface area contributed by atoms with Crippen LogP contribution in [0.25, 0.3) is 11.1 Å². The number of anilines is 1. The van der Waals surface area contributed by atoms with E-state index in [-0.39, 0.29) is 17.8 Å². The third-order valence-corrected chi connectivity index (χ3v) is 8.00. The Balaban J connectivity index is 1.41. The summed E-state index contributed by atoms with van der Waals surface area (Å²) in [6.45, 7) is 4.01. The third-order valence-electron chi connectivity index (χ3n) is 8.00. The summed E-state index contributed by atoms with van der Waals surface area (Å²) in [7, 11) is 0. The SMILES string of the molecule is C[C@H]1CCc2c(ccc(-c3cnn(C4CCNCC4)c3)c2Oc2ccc(C(F)(F)F)cn2)N1C(O)C1CC1. The predicted octanol–water partition coefficient (Wildman–Crippen LogP) is 5.55. The van der Waals surface area contributed by atoms with E-state index in [1.165, 1.54) is 6.07 Å². The fraction of sp³-hybridized carbons (Fsp3) is 0.500. The van der Waals surface area contributed by atoms with E-state index in [1.807, 2.05) is 29.2 Å². The first-order valence-electron chi connectivity index (χ1n) is 13.4. The van der Waals surface area contributed by atoms with Crippen molar-refractivity contribution in [2.75, 3.05) is 18.0 Å². The molecular formula is C28H32F3N5O2. The van der Waals surface area contributed by atoms with Crippen molar-refractivity contribution in [3.05, 3.63) is 54.0 Å². The molecule has 0 bridgehead atoms. The number of aliphatic hydroxyl groups is 1. The summed E-state index contributed by atoms with van der Waals surface area (Å²) in [5.41, 5.74) is 2.69. The highest BCUT2D eigenvalue weighted by atomic mass is 19.4. The number of benzene rings is 1. The number of rotatable bonds is 6. The Morgan fingerprint density at radius 1 is 1.05 bits per heavy atom. The second-order valence-electron chi connectivity index (χ2n) is 10.7. The average Bonchev–Trinajstić information content (AvgIpc) is 3.65. The van der Waals surface area contributed by atoms with Crippen molar-refractivity contribution in [2.24, 2.45) is 5.92 Å². The Bertz CT molecular complexity index is 1280. The van der Waals surface area contributed by atoms with Crippen LogP contribution in [0, 0.1) is 5.92 Å². The van der Waals surface area contributed by atoms with Crippen LogP contribution in [0.5, 0.6) is 11.6 Å². The van der Waals surface area contributed by atoms with Gasteiger partial charge in [-0.25, -0.2) is 4.98 Å². The van der Waals surface area contributed by atoms with Crippen LogP contribution in [0.15, 0.2) is 42.9 Å². The Kier molecular flexibility index (Phi) is 6.55. The van der Waals surface area contributed by atoms with Crippen molar-refractivity contribution >= 4 is 5.69 Å². The van der Waals surface area contributed by atoms with Crippen molar-refractivity contribution in [1.82, 2.24) is 20.1 Å². The van der Waals surface area contributed by atoms with Crippen molar-refractivity contribution in [1.29, 1.82) is 0 Å². The number of aromatic nitrogens is 3. The summed E-state index contributed by atoms with van der Waals surface area (Å²) >= 11 is 0. The molecule has 1 aliphatic carbocycles. The van der Waals surface area contributed by atoms with E-state index < -0.39 is 18.0 Å². The molecule has 2 N–H and O–H groups in total. The molecule has 202 valence electrons. The normalized spacial score (nSPS) is 21.3. The number of halogens is 3. The van der Waals surface area contributed by atoms with Gasteiger partial charge in [0, 0.05) is 52.8 Å². The largest absolute Gasteiger partial charge is 0.438 e. The van der Waals surface area contributed by atoms with E-state index in [0.717, 1.165) is 86.3 Å². The summed E-state index contributed by atoms with van der Waals surface area (Å²) in [6.07, 6.45) is 5.14. The third kappa shape index (κ3) is 4.87. The first kappa shape index (κ1) is 25.2. The van der Waals surface area contributed by atoms with Gasteiger partial charge in [-0.3, -0.25) is 4.68 Å². The molecule has 0 spiro atoms. The van der Waals surface area contributed by atoms with Gasteiger partial charge in [0.1, 0.15) is 12.0 Å². The number of nitrogens with zero attached hydrogens (tertiary/aromatic N) is 4. The zero-order valence-electron chi connectivity index (χ0n) is 21.3. The molecule has 3 aromatic rings. The highest BCUT2D eigenvalue weighted by Gasteiger charge is 2.39. The maximum Gasteiger partial charge on any atom is 0.417 e. The Morgan fingerprint density at radius 3 is 2.53 bits per heavy atom. The van der Waals surface area contributed by atoms with Gasteiger partial charge in [0.25, 0.3) is 0 Å². The van der Waals surface area contributed by atoms with Crippen LogP contribution in [0.4, 0.5) is 18.9 Å². The number of piperidine rings is 1. The lowest BCUT2D eigenvalue weighted by molar-refractivity contribution is -0.137. The van der Waals surface area contributed by atoms with Crippen molar-refractivity contribution in [2.45, 2.75) is 69.9 Å². The van der Waals surface area contributed by atoms with Gasteiger partial charge in [-0.1, -0.05) is 0 Å². The molecule has 2 aliphatic heterocycles. The number of ether oxygens (including phenoxy) is 1. The van der Waals surface area contributed by atoms with Crippen LogP contribution >= 0.6 is 0 Å². The maximum atomic E-state index is 13.1. The quantitative estimate of drug-likeness (QED) is 0.438. The summed E-state index contributed by atoms with van der Waals surface area (Å²) in [5.74, 6) is 0.901. The second-order valence-corrected chi connectivity index (χ2v) is 10.7. The lowest BCUT2D eigenvalue weighted by atomic mass is 9.91. The van der Waals surface area contributed by atoms with E-state index in [4.69, 9.17) is 4.74 Å². The molecule has 0 radical (unpaired) electrons. The van der Waals surface area contributed by atoms with Gasteiger partial charge < -0.3 is 20.1 Å². The molecule has 1 saturated heterocycles. The molecule has 6 rings (SSSR count). The zero-order chi connectivity index (χ0) is 26.4. The Labute approximate surface area is 219 Å². The first-order valence-corrected chi connectivity index (χ1v) is 13.4. The van der Waals surface area contributed by atoms with Gasteiger partial charge in [0.15, 0.2) is 0 Å². The molecule has 2 fully saturated rings. The van der Waals surface area contributed by atoms with E-state index in [1.54, 1.807) is 0 Å². The van der Waals surface area contributed by atoms with Gasteiger partial charge in [-0.05, 0) is 76.7 Å². The fourth-order valence-corrected chi connectivity index (χ4v) is 5.66. The first-order chi connectivity index (χ1) is 18.3. The molecule has 2 aromatic heterocycles. The molecule has 0 amide bonds. The molecule has 3 aliphatic rings. The van der Waals surface area contributed by atoms with Crippen LogP contribution in [-0.2, 0) is 12.6 Å². The molecular weight excluding hydrogens is 495 g/mol. The molecule has 2 atom stereocenters. The van der Waals surface area contributed by atoms with Crippen LogP contribution < -0.4 is 15.0 Å². The predicted molar refractivity (Wildman–Crippen MR) is 137 cm³/mol. The monoisotopic (exact) mass is 527 g/mol. The van der Waals surface area contributed by atoms with E-state index in [2.05, 4.69) is 27.2 Å². The number of hydrogen-bond donors (Lipinski definition) is 2. The second kappa shape index (κ2) is 9.89.